The predicted octanol–water partition coefficient (Wildman–Crippen LogP) is 0.397. The molecule has 0 aliphatic rings. The molecule has 5 heteroatoms. The van der Waals surface area contributed by atoms with Gasteiger partial charge in [-0.1, -0.05) is 30.3 Å². The van der Waals surface area contributed by atoms with Gasteiger partial charge in [0.15, 0.2) is 0 Å². The molecule has 1 heterocycles. The van der Waals surface area contributed by atoms with E-state index in [0.717, 1.165) is 17.5 Å². The zero-order chi connectivity index (χ0) is 15.9. The normalized spacial score (nSPS) is 14.2. The molecule has 0 aliphatic heterocycles. The maximum atomic E-state index is 5.69. The lowest BCUT2D eigenvalue weighted by atomic mass is 10.1. The van der Waals surface area contributed by atoms with Crippen LogP contribution in [0.2, 0.25) is 0 Å². The second kappa shape index (κ2) is 7.26. The summed E-state index contributed by atoms with van der Waals surface area (Å²) in [5.41, 5.74) is 7.69. The lowest BCUT2D eigenvalue weighted by Gasteiger charge is -2.06. The van der Waals surface area contributed by atoms with Gasteiger partial charge in [-0.2, -0.15) is 5.10 Å². The predicted molar refractivity (Wildman–Crippen MR) is 93.2 cm³/mol. The van der Waals surface area contributed by atoms with Crippen molar-refractivity contribution in [3.63, 3.8) is 0 Å². The fourth-order valence-corrected chi connectivity index (χ4v) is 2.27. The maximum Gasteiger partial charge on any atom is 0.150 e. The molecule has 0 bridgehead atoms. The fraction of sp³-hybridized carbons (Fsp3) is 0.176. The van der Waals surface area contributed by atoms with Crippen molar-refractivity contribution in [3.8, 4) is 0 Å². The molecule has 114 valence electrons. The van der Waals surface area contributed by atoms with Crippen molar-refractivity contribution in [2.45, 2.75) is 13.5 Å². The number of hydrogen-bond acceptors (Lipinski definition) is 3. The molecule has 0 fully saturated rings. The molecule has 4 N–H and O–H groups in total. The van der Waals surface area contributed by atoms with Crippen LogP contribution in [0.4, 0.5) is 0 Å². The molecule has 0 amide bonds. The second-order valence-corrected chi connectivity index (χ2v) is 4.86. The molecule has 0 saturated carbocycles. The van der Waals surface area contributed by atoms with Gasteiger partial charge in [0, 0.05) is 36.9 Å². The molecule has 0 atom stereocenters. The number of aliphatic imine (C=N–C) groups is 1. The molecule has 2 rings (SSSR count). The largest absolute Gasteiger partial charge is 0.382 e. The first kappa shape index (κ1) is 15.6. The zero-order valence-corrected chi connectivity index (χ0v) is 12.9. The second-order valence-electron chi connectivity index (χ2n) is 4.86. The monoisotopic (exact) mass is 295 g/mol. The third kappa shape index (κ3) is 3.44. The number of nitrogens with two attached hydrogens (primary N) is 2. The Hall–Kier alpha value is -2.82. The van der Waals surface area contributed by atoms with Crippen molar-refractivity contribution >= 4 is 24.2 Å². The summed E-state index contributed by atoms with van der Waals surface area (Å²) in [5.74, 6) is 5.53. The highest BCUT2D eigenvalue weighted by Crippen LogP contribution is 2.05. The van der Waals surface area contributed by atoms with Crippen LogP contribution in [0.3, 0.4) is 0 Å². The Balaban J connectivity index is 2.34. The van der Waals surface area contributed by atoms with Gasteiger partial charge in [-0.05, 0) is 29.8 Å². The smallest absolute Gasteiger partial charge is 0.150 e. The van der Waals surface area contributed by atoms with E-state index < -0.39 is 0 Å². The summed E-state index contributed by atoms with van der Waals surface area (Å²) in [4.78, 5) is 4.03. The van der Waals surface area contributed by atoms with Crippen molar-refractivity contribution in [1.29, 1.82) is 0 Å². The van der Waals surface area contributed by atoms with Gasteiger partial charge in [0.25, 0.3) is 0 Å². The summed E-state index contributed by atoms with van der Waals surface area (Å²) in [6, 6.07) is 10.0. The van der Waals surface area contributed by atoms with E-state index >= 15 is 0 Å². The van der Waals surface area contributed by atoms with Gasteiger partial charge >= 0.3 is 0 Å². The van der Waals surface area contributed by atoms with Gasteiger partial charge in [-0.15, -0.1) is 0 Å². The van der Waals surface area contributed by atoms with E-state index in [4.69, 9.17) is 11.6 Å². The molecular weight excluding hydrogens is 274 g/mol. The Bertz CT molecular complexity index is 795. The molecule has 0 radical (unpaired) electrons. The molecule has 0 saturated heterocycles. The van der Waals surface area contributed by atoms with E-state index in [-0.39, 0.29) is 0 Å². The average molecular weight is 295 g/mol. The minimum absolute atomic E-state index is 0.337. The third-order valence-electron chi connectivity index (χ3n) is 3.47. The number of nitrogens with zero attached hydrogens (tertiary/aromatic N) is 3. The highest BCUT2D eigenvalue weighted by atomic mass is 15.1. The molecule has 1 aromatic heterocycles. The van der Waals surface area contributed by atoms with Crippen molar-refractivity contribution in [2.75, 3.05) is 7.05 Å². The average Bonchev–Trinajstić information content (AvgIpc) is 2.94. The summed E-state index contributed by atoms with van der Waals surface area (Å²) in [7, 11) is 1.77. The third-order valence-corrected chi connectivity index (χ3v) is 3.47. The topological polar surface area (TPSA) is 81.7 Å². The Labute approximate surface area is 130 Å². The maximum absolute atomic E-state index is 5.69. The van der Waals surface area contributed by atoms with Crippen molar-refractivity contribution in [1.82, 2.24) is 4.57 Å². The van der Waals surface area contributed by atoms with E-state index in [0.29, 0.717) is 5.84 Å². The molecule has 0 unspecified atom stereocenters. The minimum atomic E-state index is 0.337. The van der Waals surface area contributed by atoms with Gasteiger partial charge in [0.05, 0.1) is 0 Å². The van der Waals surface area contributed by atoms with Gasteiger partial charge in [0.2, 0.25) is 0 Å². The van der Waals surface area contributed by atoms with Crippen LogP contribution in [0.1, 0.15) is 18.1 Å². The van der Waals surface area contributed by atoms with Crippen LogP contribution in [0, 0.1) is 0 Å². The number of aromatic nitrogens is 1. The highest BCUT2D eigenvalue weighted by Gasteiger charge is 2.01. The van der Waals surface area contributed by atoms with Crippen LogP contribution in [0.15, 0.2) is 46.6 Å². The fourth-order valence-electron chi connectivity index (χ4n) is 2.27. The molecule has 5 nitrogen and oxygen atoms in total. The number of amidine groups is 1. The van der Waals surface area contributed by atoms with Crippen molar-refractivity contribution in [3.05, 3.63) is 58.2 Å². The van der Waals surface area contributed by atoms with Crippen LogP contribution in [0.5, 0.6) is 0 Å². The van der Waals surface area contributed by atoms with Crippen LogP contribution in [-0.4, -0.2) is 23.7 Å². The summed E-state index contributed by atoms with van der Waals surface area (Å²) in [5, 5.41) is 5.83. The summed E-state index contributed by atoms with van der Waals surface area (Å²) in [6.07, 6.45) is 7.99. The van der Waals surface area contributed by atoms with E-state index in [1.165, 1.54) is 10.8 Å². The van der Waals surface area contributed by atoms with Gasteiger partial charge in [-0.3, -0.25) is 4.99 Å². The van der Waals surface area contributed by atoms with E-state index in [2.05, 4.69) is 33.0 Å². The minimum Gasteiger partial charge on any atom is -0.382 e. The van der Waals surface area contributed by atoms with Gasteiger partial charge in [0.1, 0.15) is 5.84 Å². The lowest BCUT2D eigenvalue weighted by Crippen LogP contribution is -2.29. The van der Waals surface area contributed by atoms with Crippen LogP contribution in [-0.2, 0) is 6.54 Å². The first-order valence-corrected chi connectivity index (χ1v) is 7.06. The first-order chi connectivity index (χ1) is 10.7. The summed E-state index contributed by atoms with van der Waals surface area (Å²) in [6.45, 7) is 2.81. The van der Waals surface area contributed by atoms with E-state index in [1.54, 1.807) is 13.3 Å². The number of rotatable bonds is 4. The Morgan fingerprint density at radius 2 is 1.95 bits per heavy atom. The molecule has 1 aromatic carbocycles. The standard InChI is InChI=1S/C17H21N5/c1-3-14-9-11-22(16(14)8-10-20-2)12-13-4-6-15(7-5-13)17(18)21-19/h3-11H,12,19H2,1-2H3,(H2,18,21)/b14-3-,16-8+,20-10?. The van der Waals surface area contributed by atoms with Gasteiger partial charge in [-0.25, -0.2) is 0 Å². The lowest BCUT2D eigenvalue weighted by molar-refractivity contribution is 0.779. The van der Waals surface area contributed by atoms with Crippen LogP contribution >= 0.6 is 0 Å². The number of hydrazone groups is 1. The highest BCUT2D eigenvalue weighted by molar-refractivity contribution is 5.97. The Kier molecular flexibility index (Phi) is 5.14. The van der Waals surface area contributed by atoms with Crippen LogP contribution < -0.4 is 22.1 Å². The zero-order valence-electron chi connectivity index (χ0n) is 12.9. The number of hydrogen-bond donors (Lipinski definition) is 2. The molecule has 0 aliphatic carbocycles. The number of benzene rings is 1. The SMILES string of the molecule is C/C=c1/ccn(Cc2ccc(C(N)=NN)cc2)/c1=C/C=NC. The molecule has 2 aromatic rings. The Morgan fingerprint density at radius 3 is 2.55 bits per heavy atom. The van der Waals surface area contributed by atoms with Crippen molar-refractivity contribution in [2.24, 2.45) is 21.7 Å². The molecular formula is C17H21N5. The summed E-state index contributed by atoms with van der Waals surface area (Å²) < 4.78 is 2.19. The van der Waals surface area contributed by atoms with E-state index in [1.807, 2.05) is 37.3 Å². The first-order valence-electron chi connectivity index (χ1n) is 7.06. The van der Waals surface area contributed by atoms with Crippen molar-refractivity contribution < 1.29 is 0 Å². The Morgan fingerprint density at radius 1 is 1.23 bits per heavy atom. The quantitative estimate of drug-likeness (QED) is 0.370. The van der Waals surface area contributed by atoms with Crippen LogP contribution in [0.25, 0.3) is 12.2 Å². The van der Waals surface area contributed by atoms with Gasteiger partial charge < -0.3 is 16.1 Å². The summed E-state index contributed by atoms with van der Waals surface area (Å²) >= 11 is 0. The van der Waals surface area contributed by atoms with E-state index in [9.17, 15) is 0 Å². The molecule has 22 heavy (non-hydrogen) atoms. The molecule has 0 spiro atoms.